The monoisotopic (exact) mass is 248 g/mol. The zero-order valence-electron chi connectivity index (χ0n) is 11.1. The maximum absolute atomic E-state index is 12.4. The molecular weight excluding hydrogens is 228 g/mol. The molecule has 98 valence electrons. The van der Waals surface area contributed by atoms with Crippen LogP contribution in [0.2, 0.25) is 0 Å². The van der Waals surface area contributed by atoms with Gasteiger partial charge in [-0.25, -0.2) is 0 Å². The number of nitrogens with two attached hydrogens (primary N) is 1. The maximum atomic E-state index is 12.4. The van der Waals surface area contributed by atoms with Gasteiger partial charge in [-0.2, -0.15) is 0 Å². The number of nitrogens with zero attached hydrogens (tertiary/aromatic N) is 1. The lowest BCUT2D eigenvalue weighted by molar-refractivity contribution is -0.0586. The molecule has 1 saturated heterocycles. The quantitative estimate of drug-likeness (QED) is 0.771. The van der Waals surface area contributed by atoms with Gasteiger partial charge in [0.05, 0.1) is 12.2 Å². The first-order chi connectivity index (χ1) is 8.47. The van der Waals surface area contributed by atoms with E-state index >= 15 is 0 Å². The number of hydrogen-bond acceptors (Lipinski definition) is 3. The van der Waals surface area contributed by atoms with Crippen molar-refractivity contribution in [3.8, 4) is 0 Å². The lowest BCUT2D eigenvalue weighted by Crippen LogP contribution is -2.48. The van der Waals surface area contributed by atoms with Crippen LogP contribution in [-0.4, -0.2) is 36.1 Å². The summed E-state index contributed by atoms with van der Waals surface area (Å²) >= 11 is 0. The van der Waals surface area contributed by atoms with Crippen LogP contribution in [0.15, 0.2) is 18.2 Å². The molecule has 1 aromatic rings. The number of carbonyl (C=O) groups is 1. The molecule has 0 aliphatic carbocycles. The van der Waals surface area contributed by atoms with Crippen LogP contribution < -0.4 is 5.73 Å². The van der Waals surface area contributed by atoms with Gasteiger partial charge in [-0.05, 0) is 38.5 Å². The van der Waals surface area contributed by atoms with Crippen molar-refractivity contribution in [1.29, 1.82) is 0 Å². The van der Waals surface area contributed by atoms with Gasteiger partial charge in [-0.1, -0.05) is 6.07 Å². The number of carbonyl (C=O) groups excluding carboxylic acids is 1. The molecule has 2 rings (SSSR count). The third-order valence-electron chi connectivity index (χ3n) is 3.23. The third kappa shape index (κ3) is 2.64. The third-order valence-corrected chi connectivity index (χ3v) is 3.23. The number of benzene rings is 1. The number of anilines is 1. The summed E-state index contributed by atoms with van der Waals surface area (Å²) in [5.74, 6) is 0.0312. The Morgan fingerprint density at radius 2 is 1.94 bits per heavy atom. The molecule has 0 bridgehead atoms. The summed E-state index contributed by atoms with van der Waals surface area (Å²) in [6, 6.07) is 5.47. The molecule has 0 unspecified atom stereocenters. The lowest BCUT2D eigenvalue weighted by atomic mass is 10.1. The molecule has 18 heavy (non-hydrogen) atoms. The first-order valence-electron chi connectivity index (χ1n) is 6.28. The highest BCUT2D eigenvalue weighted by Gasteiger charge is 2.26. The molecule has 1 aromatic carbocycles. The summed E-state index contributed by atoms with van der Waals surface area (Å²) in [5.41, 5.74) is 8.16. The summed E-state index contributed by atoms with van der Waals surface area (Å²) in [5, 5.41) is 0. The van der Waals surface area contributed by atoms with Crippen molar-refractivity contribution in [2.75, 3.05) is 18.8 Å². The van der Waals surface area contributed by atoms with Crippen molar-refractivity contribution in [3.05, 3.63) is 29.3 Å². The van der Waals surface area contributed by atoms with Crippen LogP contribution in [0.1, 0.15) is 29.8 Å². The van der Waals surface area contributed by atoms with Gasteiger partial charge in [0.15, 0.2) is 0 Å². The molecule has 0 aromatic heterocycles. The van der Waals surface area contributed by atoms with Crippen molar-refractivity contribution in [1.82, 2.24) is 4.90 Å². The number of hydrogen-bond donors (Lipinski definition) is 1. The fourth-order valence-electron chi connectivity index (χ4n) is 2.30. The highest BCUT2D eigenvalue weighted by atomic mass is 16.5. The summed E-state index contributed by atoms with van der Waals surface area (Å²) in [4.78, 5) is 14.2. The second kappa shape index (κ2) is 4.98. The van der Waals surface area contributed by atoms with E-state index in [1.54, 1.807) is 6.07 Å². The van der Waals surface area contributed by atoms with Crippen LogP contribution in [0.25, 0.3) is 0 Å². The Hall–Kier alpha value is -1.55. The average Bonchev–Trinajstić information content (AvgIpc) is 2.30. The summed E-state index contributed by atoms with van der Waals surface area (Å²) in [6.45, 7) is 7.18. The van der Waals surface area contributed by atoms with Crippen LogP contribution >= 0.6 is 0 Å². The Morgan fingerprint density at radius 1 is 1.33 bits per heavy atom. The minimum Gasteiger partial charge on any atom is -0.398 e. The normalized spacial score (nSPS) is 24.1. The first-order valence-corrected chi connectivity index (χ1v) is 6.28. The molecule has 1 amide bonds. The van der Waals surface area contributed by atoms with Crippen molar-refractivity contribution in [2.24, 2.45) is 0 Å². The predicted octanol–water partition coefficient (Wildman–Crippen LogP) is 1.83. The molecule has 4 heteroatoms. The van der Waals surface area contributed by atoms with Gasteiger partial charge in [0, 0.05) is 24.3 Å². The van der Waals surface area contributed by atoms with E-state index in [1.807, 2.05) is 37.8 Å². The van der Waals surface area contributed by atoms with Gasteiger partial charge < -0.3 is 15.4 Å². The lowest BCUT2D eigenvalue weighted by Gasteiger charge is -2.35. The predicted molar refractivity (Wildman–Crippen MR) is 71.5 cm³/mol. The molecule has 2 N–H and O–H groups in total. The van der Waals surface area contributed by atoms with Gasteiger partial charge in [0.2, 0.25) is 0 Å². The van der Waals surface area contributed by atoms with E-state index in [9.17, 15) is 4.79 Å². The fraction of sp³-hybridized carbons (Fsp3) is 0.500. The Kier molecular flexibility index (Phi) is 3.57. The Labute approximate surface area is 108 Å². The molecule has 1 fully saturated rings. The molecule has 1 aliphatic heterocycles. The van der Waals surface area contributed by atoms with E-state index in [0.29, 0.717) is 24.3 Å². The van der Waals surface area contributed by atoms with E-state index in [2.05, 4.69) is 0 Å². The van der Waals surface area contributed by atoms with Gasteiger partial charge in [0.25, 0.3) is 5.91 Å². The fourth-order valence-corrected chi connectivity index (χ4v) is 2.30. The number of nitrogen functional groups attached to an aromatic ring is 1. The zero-order chi connectivity index (χ0) is 13.3. The SMILES string of the molecule is Cc1ccc(C(=O)N2C[C@@H](C)O[C@@H](C)C2)cc1N. The van der Waals surface area contributed by atoms with E-state index in [-0.39, 0.29) is 18.1 Å². The summed E-state index contributed by atoms with van der Waals surface area (Å²) < 4.78 is 5.63. The first kappa shape index (κ1) is 12.9. The van der Waals surface area contributed by atoms with Gasteiger partial charge in [0.1, 0.15) is 0 Å². The average molecular weight is 248 g/mol. The number of rotatable bonds is 1. The Bertz CT molecular complexity index is 449. The standard InChI is InChI=1S/C14H20N2O2/c1-9-4-5-12(6-13(9)15)14(17)16-7-10(2)18-11(3)8-16/h4-6,10-11H,7-8,15H2,1-3H3/t10-,11+. The van der Waals surface area contributed by atoms with Crippen LogP contribution in [-0.2, 0) is 4.74 Å². The Morgan fingerprint density at radius 3 is 2.50 bits per heavy atom. The van der Waals surface area contributed by atoms with Crippen LogP contribution in [0.3, 0.4) is 0 Å². The number of ether oxygens (including phenoxy) is 1. The maximum Gasteiger partial charge on any atom is 0.254 e. The molecule has 2 atom stereocenters. The molecule has 1 heterocycles. The minimum absolute atomic E-state index is 0.0312. The van der Waals surface area contributed by atoms with Crippen LogP contribution in [0, 0.1) is 6.92 Å². The molecule has 0 saturated carbocycles. The molecule has 0 spiro atoms. The Balaban J connectivity index is 2.17. The van der Waals surface area contributed by atoms with E-state index < -0.39 is 0 Å². The zero-order valence-corrected chi connectivity index (χ0v) is 11.1. The van der Waals surface area contributed by atoms with Crippen molar-refractivity contribution in [2.45, 2.75) is 33.0 Å². The number of amides is 1. The number of aryl methyl sites for hydroxylation is 1. The van der Waals surface area contributed by atoms with Gasteiger partial charge >= 0.3 is 0 Å². The second-order valence-electron chi connectivity index (χ2n) is 5.04. The second-order valence-corrected chi connectivity index (χ2v) is 5.04. The van der Waals surface area contributed by atoms with Gasteiger partial charge in [-0.3, -0.25) is 4.79 Å². The minimum atomic E-state index is 0.0312. The van der Waals surface area contributed by atoms with Crippen molar-refractivity contribution >= 4 is 11.6 Å². The van der Waals surface area contributed by atoms with Crippen molar-refractivity contribution in [3.63, 3.8) is 0 Å². The molecule has 1 aliphatic rings. The molecule has 4 nitrogen and oxygen atoms in total. The topological polar surface area (TPSA) is 55.6 Å². The smallest absolute Gasteiger partial charge is 0.254 e. The number of morpholine rings is 1. The van der Waals surface area contributed by atoms with E-state index in [1.165, 1.54) is 0 Å². The highest BCUT2D eigenvalue weighted by molar-refractivity contribution is 5.95. The van der Waals surface area contributed by atoms with E-state index in [0.717, 1.165) is 5.56 Å². The largest absolute Gasteiger partial charge is 0.398 e. The van der Waals surface area contributed by atoms with Crippen LogP contribution in [0.5, 0.6) is 0 Å². The molecular formula is C14H20N2O2. The molecule has 0 radical (unpaired) electrons. The van der Waals surface area contributed by atoms with Gasteiger partial charge in [-0.15, -0.1) is 0 Å². The summed E-state index contributed by atoms with van der Waals surface area (Å²) in [6.07, 6.45) is 0.168. The van der Waals surface area contributed by atoms with E-state index in [4.69, 9.17) is 10.5 Å². The summed E-state index contributed by atoms with van der Waals surface area (Å²) in [7, 11) is 0. The van der Waals surface area contributed by atoms with Crippen molar-refractivity contribution < 1.29 is 9.53 Å². The highest BCUT2D eigenvalue weighted by Crippen LogP contribution is 2.17. The van der Waals surface area contributed by atoms with Crippen LogP contribution in [0.4, 0.5) is 5.69 Å².